The van der Waals surface area contributed by atoms with Gasteiger partial charge in [0.1, 0.15) is 0 Å². The van der Waals surface area contributed by atoms with Crippen LogP contribution in [0.25, 0.3) is 0 Å². The van der Waals surface area contributed by atoms with E-state index < -0.39 is 13.3 Å². The van der Waals surface area contributed by atoms with Crippen molar-refractivity contribution in [3.63, 3.8) is 0 Å². The first kappa shape index (κ1) is 20.7. The summed E-state index contributed by atoms with van der Waals surface area (Å²) >= 11 is 0. The Bertz CT molecular complexity index is 421. The van der Waals surface area contributed by atoms with E-state index in [0.717, 1.165) is 11.1 Å². The van der Waals surface area contributed by atoms with Gasteiger partial charge in [0.25, 0.3) is 0 Å². The molecule has 1 aromatic carbocycles. The van der Waals surface area contributed by atoms with Crippen molar-refractivity contribution in [3.8, 4) is 0 Å². The molecular weight excluding hydrogens is 287 g/mol. The predicted octanol–water partition coefficient (Wildman–Crippen LogP) is 2.21. The van der Waals surface area contributed by atoms with Crippen molar-refractivity contribution in [1.29, 1.82) is 0 Å². The summed E-state index contributed by atoms with van der Waals surface area (Å²) in [6.45, 7) is 7.36. The fourth-order valence-corrected chi connectivity index (χ4v) is 1.94. The summed E-state index contributed by atoms with van der Waals surface area (Å²) in [6, 6.07) is 5.43. The number of rotatable bonds is 2. The largest absolute Gasteiger partial charge is 1.00 e. The molecule has 0 aliphatic rings. The zero-order chi connectivity index (χ0) is 15.1. The van der Waals surface area contributed by atoms with Crippen molar-refractivity contribution < 1.29 is 64.3 Å². The van der Waals surface area contributed by atoms with Gasteiger partial charge in [-0.05, 0) is 22.0 Å². The van der Waals surface area contributed by atoms with Crippen molar-refractivity contribution in [2.24, 2.45) is 0 Å². The van der Waals surface area contributed by atoms with Gasteiger partial charge in [-0.1, -0.05) is 71.6 Å². The third-order valence-corrected chi connectivity index (χ3v) is 3.19. The summed E-state index contributed by atoms with van der Waals surface area (Å²) in [4.78, 5) is 0. The molecule has 0 amide bonds. The van der Waals surface area contributed by atoms with E-state index in [4.69, 9.17) is 0 Å². The number of hydrogen-bond acceptors (Lipinski definition) is 0. The van der Waals surface area contributed by atoms with Gasteiger partial charge in [0.2, 0.25) is 0 Å². The fourth-order valence-electron chi connectivity index (χ4n) is 1.94. The van der Waals surface area contributed by atoms with Crippen LogP contribution in [0.4, 0.5) is 12.9 Å². The first-order valence-electron chi connectivity index (χ1n) is 6.65. The summed E-state index contributed by atoms with van der Waals surface area (Å²) in [6.07, 6.45) is -0.799. The van der Waals surface area contributed by atoms with Gasteiger partial charge in [0.05, 0.1) is 0 Å². The van der Waals surface area contributed by atoms with Crippen LogP contribution < -0.4 is 51.4 Å². The minimum absolute atomic E-state index is 0. The molecule has 0 N–H and O–H groups in total. The molecule has 0 bridgehead atoms. The maximum absolute atomic E-state index is 12.7. The van der Waals surface area contributed by atoms with Crippen LogP contribution in [0.5, 0.6) is 0 Å². The summed E-state index contributed by atoms with van der Waals surface area (Å²) < 4.78 is 38.0. The Morgan fingerprint density at radius 3 is 1.40 bits per heavy atom. The van der Waals surface area contributed by atoms with Crippen molar-refractivity contribution in [3.05, 3.63) is 34.9 Å². The van der Waals surface area contributed by atoms with Crippen LogP contribution in [0.2, 0.25) is 0 Å². The molecule has 0 aliphatic heterocycles. The van der Waals surface area contributed by atoms with Gasteiger partial charge in [0, 0.05) is 0 Å². The van der Waals surface area contributed by atoms with Crippen LogP contribution in [-0.4, -0.2) is 6.98 Å². The van der Waals surface area contributed by atoms with E-state index in [-0.39, 0.29) is 62.2 Å². The smallest absolute Gasteiger partial charge is 0.449 e. The number of halogens is 3. The van der Waals surface area contributed by atoms with Crippen molar-refractivity contribution in [2.75, 3.05) is 0 Å². The van der Waals surface area contributed by atoms with E-state index in [1.165, 1.54) is 0 Å². The second-order valence-corrected chi connectivity index (χ2v) is 7.33. The van der Waals surface area contributed by atoms with Gasteiger partial charge in [-0.15, -0.1) is 0 Å². The molecule has 0 radical (unpaired) electrons. The van der Waals surface area contributed by atoms with Gasteiger partial charge in [0.15, 0.2) is 0 Å². The Morgan fingerprint density at radius 2 is 1.15 bits per heavy atom. The summed E-state index contributed by atoms with van der Waals surface area (Å²) in [7, 11) is 0. The Balaban J connectivity index is 0.00000361. The maximum atomic E-state index is 12.7. The van der Waals surface area contributed by atoms with E-state index >= 15 is 0 Å². The van der Waals surface area contributed by atoms with Crippen LogP contribution in [0, 0.1) is 0 Å². The van der Waals surface area contributed by atoms with Gasteiger partial charge in [-0.25, -0.2) is 0 Å². The third kappa shape index (κ3) is 6.65. The average Bonchev–Trinajstić information content (AvgIpc) is 2.11. The minimum atomic E-state index is -4.79. The second kappa shape index (κ2) is 6.86. The molecule has 0 saturated carbocycles. The first-order chi connectivity index (χ1) is 8.29. The second-order valence-electron chi connectivity index (χ2n) is 7.33. The predicted molar refractivity (Wildman–Crippen MR) is 76.6 cm³/mol. The van der Waals surface area contributed by atoms with Gasteiger partial charge in [-0.2, -0.15) is 0 Å². The molecule has 0 unspecified atom stereocenters. The van der Waals surface area contributed by atoms with Crippen LogP contribution in [0.1, 0.15) is 58.2 Å². The molecule has 0 aliphatic carbocycles. The third-order valence-electron chi connectivity index (χ3n) is 3.19. The Labute approximate surface area is 163 Å². The summed E-state index contributed by atoms with van der Waals surface area (Å²) in [5, 5.41) is 0. The van der Waals surface area contributed by atoms with Crippen molar-refractivity contribution in [1.82, 2.24) is 0 Å². The van der Waals surface area contributed by atoms with Crippen LogP contribution >= 0.6 is 0 Å². The van der Waals surface area contributed by atoms with Crippen molar-refractivity contribution in [2.45, 2.75) is 58.7 Å². The minimum Gasteiger partial charge on any atom is -0.449 e. The standard InChI is InChI=1S/C15H23BF3.K/c1-14(2,3)12-7-11(10-16(17,18)19)8-13(9-12)15(4,5)6;/h7-9H,10H2,1-6H3;/q-1;+1. The van der Waals surface area contributed by atoms with Crippen molar-refractivity contribution >= 4 is 6.98 Å². The molecule has 108 valence electrons. The first-order valence-corrected chi connectivity index (χ1v) is 6.65. The molecule has 0 saturated heterocycles. The molecule has 0 spiro atoms. The molecule has 1 rings (SSSR count). The molecule has 0 fully saturated rings. The maximum Gasteiger partial charge on any atom is 1.00 e. The molecule has 20 heavy (non-hydrogen) atoms. The quantitative estimate of drug-likeness (QED) is 0.735. The SMILES string of the molecule is CC(C)(C)c1cc(C[B-](F)(F)F)cc(C(C)(C)C)c1.[K+]. The molecule has 0 aromatic heterocycles. The Kier molecular flexibility index (Phi) is 7.11. The Hall–Kier alpha value is 0.711. The molecule has 0 nitrogen and oxygen atoms in total. The van der Waals surface area contributed by atoms with Crippen LogP contribution in [0.3, 0.4) is 0 Å². The Morgan fingerprint density at radius 1 is 0.800 bits per heavy atom. The topological polar surface area (TPSA) is 0 Å². The number of hydrogen-bond donors (Lipinski definition) is 0. The monoisotopic (exact) mass is 310 g/mol. The molecule has 1 aromatic rings. The van der Waals surface area contributed by atoms with E-state index in [1.807, 2.05) is 47.6 Å². The van der Waals surface area contributed by atoms with Gasteiger partial charge >= 0.3 is 58.4 Å². The van der Waals surface area contributed by atoms with E-state index in [9.17, 15) is 12.9 Å². The zero-order valence-electron chi connectivity index (χ0n) is 13.7. The van der Waals surface area contributed by atoms with E-state index in [1.54, 1.807) is 12.1 Å². The fraction of sp³-hybridized carbons (Fsp3) is 0.600. The molecule has 0 heterocycles. The zero-order valence-corrected chi connectivity index (χ0v) is 16.8. The van der Waals surface area contributed by atoms with Crippen LogP contribution in [-0.2, 0) is 17.2 Å². The van der Waals surface area contributed by atoms with E-state index in [2.05, 4.69) is 0 Å². The molecule has 5 heteroatoms. The normalized spacial score (nSPS) is 13.1. The van der Waals surface area contributed by atoms with Gasteiger partial charge in [-0.3, -0.25) is 0 Å². The summed E-state index contributed by atoms with van der Waals surface area (Å²) in [5.41, 5.74) is 2.03. The van der Waals surface area contributed by atoms with E-state index in [0.29, 0.717) is 5.56 Å². The molecule has 0 atom stereocenters. The summed E-state index contributed by atoms with van der Waals surface area (Å²) in [5.74, 6) is 0. The van der Waals surface area contributed by atoms with Gasteiger partial charge < -0.3 is 12.9 Å². The molecular formula is C15H23BF3K. The van der Waals surface area contributed by atoms with Crippen LogP contribution in [0.15, 0.2) is 18.2 Å². The average molecular weight is 310 g/mol. The number of benzene rings is 1.